The number of para-hydroxylation sites is 1. The molecule has 12 rings (SSSR count). The summed E-state index contributed by atoms with van der Waals surface area (Å²) in [5.41, 5.74) is 21.9. The zero-order valence-corrected chi connectivity index (χ0v) is 36.0. The molecular formula is C63H49N. The van der Waals surface area contributed by atoms with Gasteiger partial charge in [-0.25, -0.2) is 0 Å². The average Bonchev–Trinajstić information content (AvgIpc) is 4.12. The van der Waals surface area contributed by atoms with Gasteiger partial charge in [0, 0.05) is 22.9 Å². The highest BCUT2D eigenvalue weighted by Crippen LogP contribution is 2.60. The van der Waals surface area contributed by atoms with Crippen molar-refractivity contribution in [2.75, 3.05) is 4.90 Å². The van der Waals surface area contributed by atoms with Gasteiger partial charge in [0.25, 0.3) is 0 Å². The van der Waals surface area contributed by atoms with Crippen molar-refractivity contribution in [1.82, 2.24) is 0 Å². The van der Waals surface area contributed by atoms with Gasteiger partial charge in [-0.05, 0) is 139 Å². The van der Waals surface area contributed by atoms with E-state index >= 15 is 0 Å². The van der Waals surface area contributed by atoms with Gasteiger partial charge in [-0.3, -0.25) is 0 Å². The first-order valence-corrected chi connectivity index (χ1v) is 23.1. The Hall–Kier alpha value is -7.48. The van der Waals surface area contributed by atoms with Crippen molar-refractivity contribution in [3.05, 3.63) is 241 Å². The fourth-order valence-electron chi connectivity index (χ4n) is 10.9. The van der Waals surface area contributed by atoms with Crippen LogP contribution in [0, 0.1) is 5.92 Å². The van der Waals surface area contributed by atoms with Crippen LogP contribution >= 0.6 is 0 Å². The van der Waals surface area contributed by atoms with E-state index in [1.165, 1.54) is 115 Å². The minimum absolute atomic E-state index is 0.440. The van der Waals surface area contributed by atoms with E-state index in [9.17, 15) is 0 Å². The molecule has 0 aromatic heterocycles. The van der Waals surface area contributed by atoms with E-state index in [0.717, 1.165) is 17.3 Å². The summed E-state index contributed by atoms with van der Waals surface area (Å²) in [6.45, 7) is 0. The SMILES string of the molecule is C1=Cc2cccc(-c3ccccc3N(c3ccc(-c4ccc(-c5ccccc5)c(-c5ccccc5)c4)cc3)c3ccc(-c4ccc5ccccc5c4)cc3)c2[C@@H]2C1=C2C1CCCCC1. The van der Waals surface area contributed by atoms with Crippen molar-refractivity contribution in [3.8, 4) is 55.6 Å². The van der Waals surface area contributed by atoms with Crippen molar-refractivity contribution >= 4 is 33.9 Å². The third-order valence-electron chi connectivity index (χ3n) is 14.1. The average molecular weight is 820 g/mol. The van der Waals surface area contributed by atoms with Crippen LogP contribution in [-0.2, 0) is 0 Å². The molecule has 0 spiro atoms. The topological polar surface area (TPSA) is 3.24 Å². The highest BCUT2D eigenvalue weighted by atomic mass is 15.1. The minimum atomic E-state index is 0.440. The Balaban J connectivity index is 0.962. The molecule has 1 fully saturated rings. The van der Waals surface area contributed by atoms with Crippen LogP contribution in [0.2, 0.25) is 0 Å². The van der Waals surface area contributed by atoms with Crippen molar-refractivity contribution in [3.63, 3.8) is 0 Å². The quantitative estimate of drug-likeness (QED) is 0.140. The van der Waals surface area contributed by atoms with Crippen LogP contribution in [0.3, 0.4) is 0 Å². The molecule has 9 aromatic carbocycles. The lowest BCUT2D eigenvalue weighted by Gasteiger charge is -2.29. The molecule has 0 N–H and O–H groups in total. The maximum Gasteiger partial charge on any atom is 0.0540 e. The zero-order chi connectivity index (χ0) is 42.4. The van der Waals surface area contributed by atoms with E-state index in [2.05, 4.69) is 229 Å². The van der Waals surface area contributed by atoms with Gasteiger partial charge in [-0.2, -0.15) is 0 Å². The maximum absolute atomic E-state index is 2.47. The Morgan fingerprint density at radius 1 is 0.359 bits per heavy atom. The normalized spacial score (nSPS) is 15.5. The maximum atomic E-state index is 2.47. The Bertz CT molecular complexity index is 3220. The summed E-state index contributed by atoms with van der Waals surface area (Å²) >= 11 is 0. The van der Waals surface area contributed by atoms with E-state index < -0.39 is 0 Å². The van der Waals surface area contributed by atoms with Gasteiger partial charge >= 0.3 is 0 Å². The summed E-state index contributed by atoms with van der Waals surface area (Å²) in [4.78, 5) is 2.47. The number of anilines is 3. The van der Waals surface area contributed by atoms with Crippen LogP contribution in [0.4, 0.5) is 17.1 Å². The van der Waals surface area contributed by atoms with Gasteiger partial charge in [0.05, 0.1) is 5.69 Å². The van der Waals surface area contributed by atoms with Crippen LogP contribution in [0.15, 0.2) is 230 Å². The van der Waals surface area contributed by atoms with Gasteiger partial charge in [0.15, 0.2) is 0 Å². The Kier molecular flexibility index (Phi) is 9.75. The van der Waals surface area contributed by atoms with E-state index in [1.807, 2.05) is 0 Å². The van der Waals surface area contributed by atoms with Gasteiger partial charge in [-0.1, -0.05) is 207 Å². The summed E-state index contributed by atoms with van der Waals surface area (Å²) in [6, 6.07) is 78.2. The van der Waals surface area contributed by atoms with Crippen molar-refractivity contribution in [1.29, 1.82) is 0 Å². The highest BCUT2D eigenvalue weighted by molar-refractivity contribution is 5.94. The van der Waals surface area contributed by atoms with Crippen LogP contribution in [0.5, 0.6) is 0 Å². The fourth-order valence-corrected chi connectivity index (χ4v) is 10.9. The fraction of sp³-hybridized carbons (Fsp3) is 0.111. The van der Waals surface area contributed by atoms with Crippen LogP contribution in [0.1, 0.15) is 49.1 Å². The van der Waals surface area contributed by atoms with E-state index in [4.69, 9.17) is 0 Å². The van der Waals surface area contributed by atoms with E-state index in [1.54, 1.807) is 11.1 Å². The molecule has 1 atom stereocenters. The number of hydrogen-bond acceptors (Lipinski definition) is 1. The number of fused-ring (bicyclic) bond motifs is 4. The first-order chi connectivity index (χ1) is 31.7. The van der Waals surface area contributed by atoms with Crippen LogP contribution in [0.25, 0.3) is 72.5 Å². The summed E-state index contributed by atoms with van der Waals surface area (Å²) in [7, 11) is 0. The zero-order valence-electron chi connectivity index (χ0n) is 36.0. The Labute approximate surface area is 377 Å². The minimum Gasteiger partial charge on any atom is -0.310 e. The third kappa shape index (κ3) is 6.99. The number of allylic oxidation sites excluding steroid dienone is 3. The molecule has 0 saturated heterocycles. The molecule has 0 amide bonds. The van der Waals surface area contributed by atoms with Gasteiger partial charge in [0.2, 0.25) is 0 Å². The van der Waals surface area contributed by atoms with E-state index in [0.29, 0.717) is 5.92 Å². The standard InChI is InChI=1S/C63H49N/c1-4-16-46(17-5-1)55-39-34-52(42-59(55)47-18-6-2-7-19-47)45-31-37-54(38-32-45)64(53-35-29-44(30-36-53)51-28-27-43-15-10-11-22-50(43)41-51)60-26-13-12-24-56(60)57-25-14-23-49-33-40-58-62(63(58)61(49)57)48-20-8-3-9-21-48/h1-2,4-7,10-19,22-42,48,63H,3,8-9,20-21H2/t63-/m0/s1. The number of hydrogen-bond donors (Lipinski definition) is 0. The molecular weight excluding hydrogens is 771 g/mol. The van der Waals surface area contributed by atoms with Crippen molar-refractivity contribution in [2.45, 2.75) is 38.0 Å². The first-order valence-electron chi connectivity index (χ1n) is 23.1. The smallest absolute Gasteiger partial charge is 0.0540 e. The second-order valence-corrected chi connectivity index (χ2v) is 17.8. The first kappa shape index (κ1) is 38.2. The van der Waals surface area contributed by atoms with Crippen molar-refractivity contribution < 1.29 is 0 Å². The van der Waals surface area contributed by atoms with Gasteiger partial charge in [0.1, 0.15) is 0 Å². The highest BCUT2D eigenvalue weighted by Gasteiger charge is 2.44. The summed E-state index contributed by atoms with van der Waals surface area (Å²) in [6.07, 6.45) is 11.6. The monoisotopic (exact) mass is 819 g/mol. The summed E-state index contributed by atoms with van der Waals surface area (Å²) < 4.78 is 0. The lowest BCUT2D eigenvalue weighted by molar-refractivity contribution is 0.406. The molecule has 1 saturated carbocycles. The molecule has 1 heteroatoms. The van der Waals surface area contributed by atoms with Crippen molar-refractivity contribution in [2.24, 2.45) is 5.92 Å². The predicted octanol–water partition coefficient (Wildman–Crippen LogP) is 17.6. The number of rotatable bonds is 9. The molecule has 1 nitrogen and oxygen atoms in total. The Morgan fingerprint density at radius 2 is 0.938 bits per heavy atom. The molecule has 0 unspecified atom stereocenters. The number of nitrogens with zero attached hydrogens (tertiary/aromatic N) is 1. The summed E-state index contributed by atoms with van der Waals surface area (Å²) in [5.74, 6) is 1.16. The molecule has 0 radical (unpaired) electrons. The van der Waals surface area contributed by atoms with Crippen LogP contribution in [-0.4, -0.2) is 0 Å². The third-order valence-corrected chi connectivity index (χ3v) is 14.1. The second kappa shape index (κ2) is 16.3. The molecule has 306 valence electrons. The van der Waals surface area contributed by atoms with Crippen LogP contribution < -0.4 is 4.90 Å². The van der Waals surface area contributed by atoms with E-state index in [-0.39, 0.29) is 0 Å². The lowest BCUT2D eigenvalue weighted by atomic mass is 9.82. The molecule has 9 aromatic rings. The summed E-state index contributed by atoms with van der Waals surface area (Å²) in [5, 5.41) is 2.52. The molecule has 64 heavy (non-hydrogen) atoms. The van der Waals surface area contributed by atoms with Gasteiger partial charge in [-0.15, -0.1) is 0 Å². The predicted molar refractivity (Wildman–Crippen MR) is 271 cm³/mol. The Morgan fingerprint density at radius 3 is 1.66 bits per heavy atom. The van der Waals surface area contributed by atoms with Gasteiger partial charge < -0.3 is 4.90 Å². The molecule has 3 aliphatic carbocycles. The largest absolute Gasteiger partial charge is 0.310 e. The molecule has 0 aliphatic heterocycles. The number of benzene rings is 9. The molecule has 0 bridgehead atoms. The second-order valence-electron chi connectivity index (χ2n) is 17.8. The lowest BCUT2D eigenvalue weighted by Crippen LogP contribution is -2.12. The molecule has 3 aliphatic rings. The molecule has 0 heterocycles.